The summed E-state index contributed by atoms with van der Waals surface area (Å²) in [6.07, 6.45) is 1.27. The fourth-order valence-electron chi connectivity index (χ4n) is 1.88. The van der Waals surface area contributed by atoms with Crippen molar-refractivity contribution in [2.24, 2.45) is 5.92 Å². The lowest BCUT2D eigenvalue weighted by atomic mass is 9.82. The summed E-state index contributed by atoms with van der Waals surface area (Å²) in [6, 6.07) is 5.67. The third-order valence-electron chi connectivity index (χ3n) is 2.96. The molecule has 0 spiro atoms. The van der Waals surface area contributed by atoms with Crippen molar-refractivity contribution < 1.29 is 19.0 Å². The molecule has 4 nitrogen and oxygen atoms in total. The Balaban J connectivity index is 1.65. The van der Waals surface area contributed by atoms with E-state index in [1.807, 2.05) is 0 Å². The summed E-state index contributed by atoms with van der Waals surface area (Å²) in [4.78, 5) is 11.4. The Bertz CT molecular complexity index is 418. The van der Waals surface area contributed by atoms with Crippen LogP contribution in [0, 0.1) is 11.7 Å². The molecule has 1 aromatic carbocycles. The van der Waals surface area contributed by atoms with E-state index < -0.39 is 5.82 Å². The van der Waals surface area contributed by atoms with Gasteiger partial charge >= 0.3 is 0 Å². The summed E-state index contributed by atoms with van der Waals surface area (Å²) in [7, 11) is 0. The van der Waals surface area contributed by atoms with E-state index in [4.69, 9.17) is 9.84 Å². The molecule has 0 unspecified atom stereocenters. The van der Waals surface area contributed by atoms with Gasteiger partial charge in [0.1, 0.15) is 11.6 Å². The first kappa shape index (κ1) is 12.8. The predicted octanol–water partition coefficient (Wildman–Crippen LogP) is 1.09. The van der Waals surface area contributed by atoms with Gasteiger partial charge in [-0.2, -0.15) is 0 Å². The predicted molar refractivity (Wildman–Crippen MR) is 63.6 cm³/mol. The van der Waals surface area contributed by atoms with Crippen molar-refractivity contribution in [3.63, 3.8) is 0 Å². The Morgan fingerprint density at radius 2 is 2.28 bits per heavy atom. The highest BCUT2D eigenvalue weighted by molar-refractivity contribution is 5.77. The maximum absolute atomic E-state index is 12.8. The molecule has 1 amide bonds. The zero-order valence-corrected chi connectivity index (χ0v) is 9.93. The lowest BCUT2D eigenvalue weighted by Gasteiger charge is -2.31. The second kappa shape index (κ2) is 5.82. The van der Waals surface area contributed by atoms with Crippen LogP contribution in [-0.4, -0.2) is 30.3 Å². The molecule has 1 aliphatic rings. The minimum absolute atomic E-state index is 0.126. The highest BCUT2D eigenvalue weighted by Gasteiger charge is 2.27. The van der Waals surface area contributed by atoms with E-state index in [-0.39, 0.29) is 18.6 Å². The summed E-state index contributed by atoms with van der Waals surface area (Å²) in [5.74, 6) is 0.0688. The van der Waals surface area contributed by atoms with E-state index in [0.29, 0.717) is 18.2 Å². The number of carbonyl (C=O) groups excluding carboxylic acids is 1. The van der Waals surface area contributed by atoms with Crippen LogP contribution in [0.3, 0.4) is 0 Å². The Kier molecular flexibility index (Phi) is 4.15. The number of hydrogen-bond donors (Lipinski definition) is 2. The van der Waals surface area contributed by atoms with Crippen molar-refractivity contribution in [2.45, 2.75) is 18.9 Å². The molecule has 0 bridgehead atoms. The molecule has 0 aromatic heterocycles. The quantitative estimate of drug-likeness (QED) is 0.826. The van der Waals surface area contributed by atoms with E-state index in [1.54, 1.807) is 6.07 Å². The minimum Gasteiger partial charge on any atom is -0.484 e. The second-order valence-electron chi connectivity index (χ2n) is 4.54. The summed E-state index contributed by atoms with van der Waals surface area (Å²) in [5, 5.41) is 11.8. The van der Waals surface area contributed by atoms with Crippen LogP contribution < -0.4 is 10.1 Å². The number of hydrogen-bond acceptors (Lipinski definition) is 3. The van der Waals surface area contributed by atoms with Gasteiger partial charge in [-0.05, 0) is 30.9 Å². The molecular weight excluding hydrogens is 237 g/mol. The molecule has 18 heavy (non-hydrogen) atoms. The fourth-order valence-corrected chi connectivity index (χ4v) is 1.88. The van der Waals surface area contributed by atoms with Gasteiger partial charge in [0, 0.05) is 12.6 Å². The van der Waals surface area contributed by atoms with Crippen molar-refractivity contribution in [1.29, 1.82) is 0 Å². The number of amides is 1. The van der Waals surface area contributed by atoms with Gasteiger partial charge in [0.15, 0.2) is 6.61 Å². The van der Waals surface area contributed by atoms with Gasteiger partial charge in [0.05, 0.1) is 6.10 Å². The number of carbonyl (C=O) groups is 1. The topological polar surface area (TPSA) is 58.6 Å². The molecule has 2 N–H and O–H groups in total. The van der Waals surface area contributed by atoms with E-state index in [1.165, 1.54) is 18.2 Å². The number of rotatable bonds is 5. The van der Waals surface area contributed by atoms with Crippen LogP contribution in [-0.2, 0) is 4.79 Å². The summed E-state index contributed by atoms with van der Waals surface area (Å²) < 4.78 is 18.0. The number of ether oxygens (including phenoxy) is 1. The normalized spacial score (nSPS) is 22.1. The number of benzene rings is 1. The molecule has 2 rings (SSSR count). The van der Waals surface area contributed by atoms with E-state index >= 15 is 0 Å². The zero-order chi connectivity index (χ0) is 13.0. The molecule has 0 radical (unpaired) electrons. The van der Waals surface area contributed by atoms with Crippen molar-refractivity contribution >= 4 is 5.91 Å². The van der Waals surface area contributed by atoms with Gasteiger partial charge in [-0.3, -0.25) is 4.79 Å². The van der Waals surface area contributed by atoms with Crippen molar-refractivity contribution in [1.82, 2.24) is 5.32 Å². The van der Waals surface area contributed by atoms with Crippen LogP contribution in [0.25, 0.3) is 0 Å². The molecule has 5 heteroatoms. The van der Waals surface area contributed by atoms with Crippen LogP contribution in [0.2, 0.25) is 0 Å². The van der Waals surface area contributed by atoms with E-state index in [0.717, 1.165) is 12.8 Å². The summed E-state index contributed by atoms with van der Waals surface area (Å²) in [5.41, 5.74) is 0. The molecular formula is C13H16FNO3. The smallest absolute Gasteiger partial charge is 0.257 e. The molecule has 1 aromatic rings. The lowest BCUT2D eigenvalue weighted by Crippen LogP contribution is -2.39. The Morgan fingerprint density at radius 1 is 1.50 bits per heavy atom. The number of nitrogens with one attached hydrogen (secondary N) is 1. The van der Waals surface area contributed by atoms with Crippen LogP contribution in [0.1, 0.15) is 12.8 Å². The number of aliphatic hydroxyl groups is 1. The Labute approximate surface area is 105 Å². The first-order valence-electron chi connectivity index (χ1n) is 5.96. The molecule has 1 aliphatic carbocycles. The van der Waals surface area contributed by atoms with Gasteiger partial charge in [0.25, 0.3) is 5.91 Å². The maximum Gasteiger partial charge on any atom is 0.257 e. The van der Waals surface area contributed by atoms with Gasteiger partial charge < -0.3 is 15.2 Å². The zero-order valence-electron chi connectivity index (χ0n) is 9.93. The third-order valence-corrected chi connectivity index (χ3v) is 2.96. The van der Waals surface area contributed by atoms with Crippen molar-refractivity contribution in [2.75, 3.05) is 13.2 Å². The largest absolute Gasteiger partial charge is 0.484 e. The Hall–Kier alpha value is -1.62. The highest BCUT2D eigenvalue weighted by Crippen LogP contribution is 2.25. The highest BCUT2D eigenvalue weighted by atomic mass is 19.1. The van der Waals surface area contributed by atoms with Crippen LogP contribution in [0.4, 0.5) is 4.39 Å². The molecule has 0 heterocycles. The first-order chi connectivity index (χ1) is 8.63. The second-order valence-corrected chi connectivity index (χ2v) is 4.54. The number of halogens is 1. The molecule has 1 saturated carbocycles. The number of aliphatic hydroxyl groups excluding tert-OH is 1. The third kappa shape index (κ3) is 3.70. The molecule has 0 saturated heterocycles. The molecule has 98 valence electrons. The monoisotopic (exact) mass is 253 g/mol. The van der Waals surface area contributed by atoms with Crippen molar-refractivity contribution in [3.05, 3.63) is 30.1 Å². The standard InChI is InChI=1S/C13H16FNO3/c14-10-2-1-3-12(6-10)18-8-13(17)15-7-9-4-11(16)5-9/h1-3,6,9,11,16H,4-5,7-8H2,(H,15,17). The van der Waals surface area contributed by atoms with E-state index in [9.17, 15) is 9.18 Å². The molecule has 0 aliphatic heterocycles. The van der Waals surface area contributed by atoms with Crippen LogP contribution in [0.5, 0.6) is 5.75 Å². The van der Waals surface area contributed by atoms with E-state index in [2.05, 4.69) is 5.32 Å². The summed E-state index contributed by atoms with van der Waals surface area (Å²) >= 11 is 0. The first-order valence-corrected chi connectivity index (χ1v) is 5.96. The van der Waals surface area contributed by atoms with Gasteiger partial charge in [0.2, 0.25) is 0 Å². The fraction of sp³-hybridized carbons (Fsp3) is 0.462. The van der Waals surface area contributed by atoms with Gasteiger partial charge in [-0.25, -0.2) is 4.39 Å². The van der Waals surface area contributed by atoms with Crippen molar-refractivity contribution in [3.8, 4) is 5.75 Å². The molecule has 1 fully saturated rings. The average Bonchev–Trinajstić information content (AvgIpc) is 2.31. The average molecular weight is 253 g/mol. The summed E-state index contributed by atoms with van der Waals surface area (Å²) in [6.45, 7) is 0.432. The molecule has 0 atom stereocenters. The van der Waals surface area contributed by atoms with Gasteiger partial charge in [-0.15, -0.1) is 0 Å². The maximum atomic E-state index is 12.8. The lowest BCUT2D eigenvalue weighted by molar-refractivity contribution is -0.123. The van der Waals surface area contributed by atoms with Gasteiger partial charge in [-0.1, -0.05) is 6.07 Å². The Morgan fingerprint density at radius 3 is 2.94 bits per heavy atom. The minimum atomic E-state index is -0.392. The SMILES string of the molecule is O=C(COc1cccc(F)c1)NCC1CC(O)C1. The van der Waals surface area contributed by atoms with Crippen LogP contribution in [0.15, 0.2) is 24.3 Å². The van der Waals surface area contributed by atoms with Crippen LogP contribution >= 0.6 is 0 Å².